The van der Waals surface area contributed by atoms with Crippen LogP contribution in [0, 0.1) is 0 Å². The Kier molecular flexibility index (Phi) is 6.51. The van der Waals surface area contributed by atoms with Crippen molar-refractivity contribution < 1.29 is 14.3 Å². The van der Waals surface area contributed by atoms with Gasteiger partial charge in [-0.1, -0.05) is 0 Å². The quantitative estimate of drug-likeness (QED) is 0.690. The predicted molar refractivity (Wildman–Crippen MR) is 83.2 cm³/mol. The Morgan fingerprint density at radius 2 is 1.81 bits per heavy atom. The van der Waals surface area contributed by atoms with Gasteiger partial charge in [0, 0.05) is 38.6 Å². The van der Waals surface area contributed by atoms with Crippen LogP contribution in [0.4, 0.5) is 4.79 Å². The van der Waals surface area contributed by atoms with E-state index in [1.165, 1.54) is 0 Å². The summed E-state index contributed by atoms with van der Waals surface area (Å²) in [4.78, 5) is 27.5. The Labute approximate surface area is 127 Å². The molecule has 2 aliphatic rings. The van der Waals surface area contributed by atoms with Gasteiger partial charge in [0.25, 0.3) is 0 Å². The zero-order valence-electron chi connectivity index (χ0n) is 13.0. The molecule has 2 heterocycles. The van der Waals surface area contributed by atoms with E-state index in [4.69, 9.17) is 4.74 Å². The van der Waals surface area contributed by atoms with E-state index in [2.05, 4.69) is 10.2 Å². The molecule has 0 spiro atoms. The fourth-order valence-corrected chi connectivity index (χ4v) is 3.00. The Balaban J connectivity index is 1.59. The fraction of sp³-hybridized carbons (Fsp3) is 0.857. The number of hydrogen-bond acceptors (Lipinski definition) is 4. The molecule has 0 aromatic heterocycles. The van der Waals surface area contributed by atoms with Crippen molar-refractivity contribution in [3.05, 3.63) is 0 Å². The van der Waals surface area contributed by atoms with Gasteiger partial charge in [-0.15, -0.1) is 0 Å². The van der Waals surface area contributed by atoms with E-state index in [0.29, 0.717) is 6.42 Å². The number of ether oxygens (including phenoxy) is 1. The molecule has 2 rings (SSSR count). The van der Waals surface area contributed by atoms with Crippen LogP contribution < -0.4 is 5.32 Å². The largest absolute Gasteiger partial charge is 0.379 e. The third-order valence-corrected chi connectivity index (χ3v) is 4.22. The second-order valence-electron chi connectivity index (χ2n) is 5.91. The van der Waals surface area contributed by atoms with Crippen LogP contribution in [0.2, 0.25) is 0 Å². The maximum absolute atomic E-state index is 12.2. The summed E-state index contributed by atoms with van der Waals surface area (Å²) in [6, 6.07) is 0.236. The second-order valence-corrected chi connectivity index (χ2v) is 5.91. The fourth-order valence-electron chi connectivity index (χ4n) is 3.00. The van der Waals surface area contributed by atoms with Crippen molar-refractivity contribution in [3.63, 3.8) is 0 Å². The lowest BCUT2D eigenvalue weighted by Gasteiger charge is -2.32. The van der Waals surface area contributed by atoms with Gasteiger partial charge >= 0.3 is 0 Å². The first-order chi connectivity index (χ1) is 10.1. The third kappa shape index (κ3) is 5.67. The molecule has 0 aromatic rings. The molecule has 0 aliphatic carbocycles. The number of nitrogens with zero attached hydrogens (tertiary/aromatic N) is 2. The molecule has 1 N–H and O–H groups in total. The van der Waals surface area contributed by atoms with Crippen molar-refractivity contribution in [2.24, 2.45) is 0 Å². The minimum Gasteiger partial charge on any atom is -0.379 e. The predicted octanol–water partition coefficient (Wildman–Crippen LogP) is -0.567. The first kappa shape index (κ1) is 16.3. The Morgan fingerprint density at radius 3 is 2.43 bits per heavy atom. The van der Waals surface area contributed by atoms with E-state index in [0.717, 1.165) is 65.2 Å². The lowest BCUT2D eigenvalue weighted by atomic mass is 10.0. The summed E-state index contributed by atoms with van der Waals surface area (Å²) in [5.41, 5.74) is 0. The van der Waals surface area contributed by atoms with Gasteiger partial charge in [-0.3, -0.25) is 14.5 Å². The molecule has 2 fully saturated rings. The van der Waals surface area contributed by atoms with Crippen molar-refractivity contribution in [2.45, 2.75) is 31.7 Å². The summed E-state index contributed by atoms with van der Waals surface area (Å²) in [6.07, 6.45) is 3.29. The molecule has 21 heavy (non-hydrogen) atoms. The summed E-state index contributed by atoms with van der Waals surface area (Å²) in [5, 5.41) is 2.93. The van der Waals surface area contributed by atoms with Crippen LogP contribution in [0.1, 0.15) is 25.7 Å². The summed E-state index contributed by atoms with van der Waals surface area (Å²) in [7, 11) is 1.54. The SMILES string of the molecule is BC(=O)NC1CCN(C(=O)CCCN2CCOCC2)CC1. The highest BCUT2D eigenvalue weighted by atomic mass is 16.5. The average molecular weight is 295 g/mol. The van der Waals surface area contributed by atoms with Crippen molar-refractivity contribution in [1.82, 2.24) is 15.1 Å². The number of rotatable bonds is 5. The van der Waals surface area contributed by atoms with Crippen LogP contribution in [0.25, 0.3) is 0 Å². The van der Waals surface area contributed by atoms with Crippen LogP contribution >= 0.6 is 0 Å². The van der Waals surface area contributed by atoms with Gasteiger partial charge in [0.1, 0.15) is 0 Å². The Morgan fingerprint density at radius 1 is 1.14 bits per heavy atom. The molecule has 2 saturated heterocycles. The topological polar surface area (TPSA) is 61.9 Å². The number of carbonyl (C=O) groups is 2. The van der Waals surface area contributed by atoms with Crippen molar-refractivity contribution in [1.29, 1.82) is 0 Å². The number of carbonyl (C=O) groups excluding carboxylic acids is 2. The van der Waals surface area contributed by atoms with Crippen molar-refractivity contribution >= 4 is 19.6 Å². The van der Waals surface area contributed by atoms with E-state index < -0.39 is 0 Å². The molecule has 0 atom stereocenters. The molecule has 0 unspecified atom stereocenters. The molecule has 2 amide bonds. The average Bonchev–Trinajstić information content (AvgIpc) is 2.48. The van der Waals surface area contributed by atoms with Crippen LogP contribution in [0.5, 0.6) is 0 Å². The molecular weight excluding hydrogens is 269 g/mol. The molecular formula is C14H26BN3O3. The molecule has 0 saturated carbocycles. The number of morpholine rings is 1. The molecule has 0 aromatic carbocycles. The zero-order chi connectivity index (χ0) is 15.1. The van der Waals surface area contributed by atoms with E-state index in [-0.39, 0.29) is 17.8 Å². The maximum atomic E-state index is 12.2. The minimum absolute atomic E-state index is 0.0188. The van der Waals surface area contributed by atoms with E-state index in [9.17, 15) is 9.59 Å². The molecule has 7 heteroatoms. The van der Waals surface area contributed by atoms with Crippen LogP contribution in [-0.4, -0.2) is 81.3 Å². The monoisotopic (exact) mass is 295 g/mol. The van der Waals surface area contributed by atoms with Gasteiger partial charge in [0.05, 0.1) is 13.2 Å². The highest BCUT2D eigenvalue weighted by molar-refractivity contribution is 6.57. The number of nitrogens with one attached hydrogen (secondary N) is 1. The Bertz CT molecular complexity index is 353. The van der Waals surface area contributed by atoms with Crippen LogP contribution in [0.15, 0.2) is 0 Å². The van der Waals surface area contributed by atoms with Crippen LogP contribution in [0.3, 0.4) is 0 Å². The van der Waals surface area contributed by atoms with E-state index in [1.54, 1.807) is 7.85 Å². The van der Waals surface area contributed by atoms with Gasteiger partial charge in [-0.25, -0.2) is 0 Å². The number of hydrogen-bond donors (Lipinski definition) is 1. The summed E-state index contributed by atoms with van der Waals surface area (Å²) in [6.45, 7) is 6.10. The lowest BCUT2D eigenvalue weighted by molar-refractivity contribution is -0.132. The van der Waals surface area contributed by atoms with E-state index in [1.807, 2.05) is 4.90 Å². The number of likely N-dealkylation sites (tertiary alicyclic amines) is 1. The standard InChI is InChI=1S/C14H26BN3O3/c15-14(20)16-12-3-6-18(7-4-12)13(19)2-1-5-17-8-10-21-11-9-17/h12H,1-11,15H2,(H,16,20). The normalized spacial score (nSPS) is 21.2. The minimum atomic E-state index is 0.0188. The maximum Gasteiger partial charge on any atom is 0.222 e. The van der Waals surface area contributed by atoms with E-state index >= 15 is 0 Å². The zero-order valence-corrected chi connectivity index (χ0v) is 13.0. The summed E-state index contributed by atoms with van der Waals surface area (Å²) >= 11 is 0. The van der Waals surface area contributed by atoms with Crippen LogP contribution in [-0.2, 0) is 9.53 Å². The third-order valence-electron chi connectivity index (χ3n) is 4.22. The van der Waals surface area contributed by atoms with Gasteiger partial charge in [-0.2, -0.15) is 0 Å². The number of amides is 2. The van der Waals surface area contributed by atoms with Crippen molar-refractivity contribution in [3.8, 4) is 0 Å². The molecule has 118 valence electrons. The van der Waals surface area contributed by atoms with Crippen molar-refractivity contribution in [2.75, 3.05) is 45.9 Å². The smallest absolute Gasteiger partial charge is 0.222 e. The first-order valence-corrected chi connectivity index (χ1v) is 8.00. The van der Waals surface area contributed by atoms with Gasteiger partial charge in [0.2, 0.25) is 13.8 Å². The Hall–Kier alpha value is -1.08. The summed E-state index contributed by atoms with van der Waals surface area (Å²) in [5.74, 6) is 0.273. The first-order valence-electron chi connectivity index (χ1n) is 8.00. The summed E-state index contributed by atoms with van der Waals surface area (Å²) < 4.78 is 5.31. The van der Waals surface area contributed by atoms with Gasteiger partial charge in [0.15, 0.2) is 5.81 Å². The van der Waals surface area contributed by atoms with Gasteiger partial charge < -0.3 is 15.0 Å². The lowest BCUT2D eigenvalue weighted by Crippen LogP contribution is -2.46. The molecule has 0 radical (unpaired) electrons. The molecule has 0 bridgehead atoms. The highest BCUT2D eigenvalue weighted by Gasteiger charge is 2.22. The molecule has 6 nitrogen and oxygen atoms in total. The van der Waals surface area contributed by atoms with Gasteiger partial charge in [-0.05, 0) is 25.8 Å². The number of piperidine rings is 1. The second kappa shape index (κ2) is 8.39. The molecule has 2 aliphatic heterocycles. The highest BCUT2D eigenvalue weighted by Crippen LogP contribution is 2.12.